The Labute approximate surface area is 165 Å². The molecule has 5 nitrogen and oxygen atoms in total. The molecular weight excluding hydrogens is 372 g/mol. The van der Waals surface area contributed by atoms with Gasteiger partial charge in [0.25, 0.3) is 5.91 Å². The molecule has 4 aromatic rings. The van der Waals surface area contributed by atoms with E-state index >= 15 is 0 Å². The molecule has 0 aliphatic carbocycles. The van der Waals surface area contributed by atoms with E-state index in [4.69, 9.17) is 4.42 Å². The van der Waals surface area contributed by atoms with Gasteiger partial charge >= 0.3 is 5.63 Å². The van der Waals surface area contributed by atoms with E-state index < -0.39 is 11.5 Å². The lowest BCUT2D eigenvalue weighted by Gasteiger charge is -2.03. The van der Waals surface area contributed by atoms with Gasteiger partial charge in [-0.25, -0.2) is 4.79 Å². The summed E-state index contributed by atoms with van der Waals surface area (Å²) in [7, 11) is 0. The van der Waals surface area contributed by atoms with Gasteiger partial charge in [0.2, 0.25) is 0 Å². The molecule has 0 spiro atoms. The van der Waals surface area contributed by atoms with Crippen LogP contribution in [0.4, 0.5) is 0 Å². The second kappa shape index (κ2) is 7.56. The molecule has 6 heteroatoms. The Morgan fingerprint density at radius 1 is 1.14 bits per heavy atom. The van der Waals surface area contributed by atoms with Gasteiger partial charge in [-0.15, -0.1) is 0 Å². The zero-order valence-corrected chi connectivity index (χ0v) is 16.6. The van der Waals surface area contributed by atoms with Gasteiger partial charge in [-0.05, 0) is 42.7 Å². The topological polar surface area (TPSA) is 64.6 Å². The average molecular weight is 392 g/mol. The highest BCUT2D eigenvalue weighted by atomic mass is 32.1. The van der Waals surface area contributed by atoms with Crippen molar-refractivity contribution in [3.8, 4) is 0 Å². The third kappa shape index (κ3) is 3.31. The Bertz CT molecular complexity index is 1310. The Morgan fingerprint density at radius 3 is 2.75 bits per heavy atom. The highest BCUT2D eigenvalue weighted by Gasteiger charge is 2.14. The van der Waals surface area contributed by atoms with Gasteiger partial charge in [0.15, 0.2) is 4.80 Å². The molecule has 0 aliphatic heterocycles. The lowest BCUT2D eigenvalue weighted by atomic mass is 10.2. The van der Waals surface area contributed by atoms with Crippen molar-refractivity contribution in [1.29, 1.82) is 0 Å². The molecule has 0 unspecified atom stereocenters. The van der Waals surface area contributed by atoms with Crippen LogP contribution in [0.25, 0.3) is 21.2 Å². The summed E-state index contributed by atoms with van der Waals surface area (Å²) in [6, 6.07) is 15.0. The maximum absolute atomic E-state index is 12.8. The zero-order chi connectivity index (χ0) is 19.7. The normalized spacial score (nSPS) is 12.1. The predicted octanol–water partition coefficient (Wildman–Crippen LogP) is 4.52. The fourth-order valence-corrected chi connectivity index (χ4v) is 4.34. The van der Waals surface area contributed by atoms with Crippen LogP contribution < -0.4 is 10.4 Å². The molecule has 28 heavy (non-hydrogen) atoms. The van der Waals surface area contributed by atoms with Gasteiger partial charge in [0.1, 0.15) is 11.1 Å². The monoisotopic (exact) mass is 392 g/mol. The van der Waals surface area contributed by atoms with E-state index in [1.54, 1.807) is 24.3 Å². The number of fused-ring (bicyclic) bond motifs is 2. The minimum atomic E-state index is -0.663. The van der Waals surface area contributed by atoms with E-state index in [1.807, 2.05) is 10.6 Å². The molecule has 0 aliphatic rings. The van der Waals surface area contributed by atoms with Crippen molar-refractivity contribution >= 4 is 38.4 Å². The van der Waals surface area contributed by atoms with Gasteiger partial charge < -0.3 is 8.98 Å². The quantitative estimate of drug-likeness (QED) is 0.480. The number of para-hydroxylation sites is 1. The molecule has 0 saturated carbocycles. The summed E-state index contributed by atoms with van der Waals surface area (Å²) in [6.45, 7) is 4.95. The van der Waals surface area contributed by atoms with Crippen molar-refractivity contribution in [2.75, 3.05) is 0 Å². The molecule has 0 saturated heterocycles. The van der Waals surface area contributed by atoms with Crippen LogP contribution in [0.5, 0.6) is 0 Å². The Hall–Kier alpha value is -2.99. The molecule has 1 amide bonds. The molecule has 2 aromatic carbocycles. The number of amides is 1. The SMILES string of the molecule is CCCn1c(=NC(=O)c2cc3ccccc3oc2=O)sc2cc(CC)ccc21. The van der Waals surface area contributed by atoms with E-state index in [0.29, 0.717) is 15.8 Å². The lowest BCUT2D eigenvalue weighted by Crippen LogP contribution is -2.19. The van der Waals surface area contributed by atoms with Crippen molar-refractivity contribution in [3.63, 3.8) is 0 Å². The molecule has 4 rings (SSSR count). The van der Waals surface area contributed by atoms with E-state index in [0.717, 1.165) is 29.6 Å². The van der Waals surface area contributed by atoms with Gasteiger partial charge in [-0.2, -0.15) is 4.99 Å². The number of benzene rings is 2. The van der Waals surface area contributed by atoms with Crippen molar-refractivity contribution in [1.82, 2.24) is 4.57 Å². The van der Waals surface area contributed by atoms with Gasteiger partial charge in [0, 0.05) is 11.9 Å². The number of carbonyl (C=O) groups excluding carboxylic acids is 1. The van der Waals surface area contributed by atoms with E-state index in [2.05, 4.69) is 37.0 Å². The molecule has 0 atom stereocenters. The van der Waals surface area contributed by atoms with Crippen LogP contribution in [0, 0.1) is 0 Å². The number of nitrogens with zero attached hydrogens (tertiary/aromatic N) is 2. The number of rotatable bonds is 4. The largest absolute Gasteiger partial charge is 0.422 e. The Morgan fingerprint density at radius 2 is 1.96 bits per heavy atom. The zero-order valence-electron chi connectivity index (χ0n) is 15.8. The summed E-state index contributed by atoms with van der Waals surface area (Å²) in [4.78, 5) is 30.0. The van der Waals surface area contributed by atoms with Crippen LogP contribution in [0.1, 0.15) is 36.2 Å². The van der Waals surface area contributed by atoms with E-state index in [1.165, 1.54) is 16.9 Å². The molecule has 2 heterocycles. The summed E-state index contributed by atoms with van der Waals surface area (Å²) in [5.41, 5.74) is 2.04. The highest BCUT2D eigenvalue weighted by Crippen LogP contribution is 2.20. The summed E-state index contributed by atoms with van der Waals surface area (Å²) in [5, 5.41) is 0.700. The first kappa shape index (κ1) is 18.4. The Balaban J connectivity index is 1.87. The Kier molecular flexibility index (Phi) is 4.96. The molecule has 0 bridgehead atoms. The fourth-order valence-electron chi connectivity index (χ4n) is 3.22. The molecule has 2 aromatic heterocycles. The van der Waals surface area contributed by atoms with Crippen LogP contribution >= 0.6 is 11.3 Å². The molecule has 0 fully saturated rings. The maximum atomic E-state index is 12.8. The first-order valence-electron chi connectivity index (χ1n) is 9.35. The van der Waals surface area contributed by atoms with Crippen molar-refractivity contribution < 1.29 is 9.21 Å². The van der Waals surface area contributed by atoms with E-state index in [-0.39, 0.29) is 5.56 Å². The first-order chi connectivity index (χ1) is 13.6. The first-order valence-corrected chi connectivity index (χ1v) is 10.2. The van der Waals surface area contributed by atoms with Gasteiger partial charge in [0.05, 0.1) is 10.2 Å². The van der Waals surface area contributed by atoms with Crippen LogP contribution in [-0.4, -0.2) is 10.5 Å². The third-order valence-corrected chi connectivity index (χ3v) is 5.71. The summed E-state index contributed by atoms with van der Waals surface area (Å²) >= 11 is 1.47. The number of aryl methyl sites for hydroxylation is 2. The minimum Gasteiger partial charge on any atom is -0.422 e. The number of hydrogen-bond acceptors (Lipinski definition) is 4. The number of carbonyl (C=O) groups is 1. The molecule has 142 valence electrons. The standard InChI is InChI=1S/C22H20N2O3S/c1-3-11-24-17-10-9-14(4-2)12-19(17)28-22(24)23-20(25)16-13-15-7-5-6-8-18(15)27-21(16)26/h5-10,12-13H,3-4,11H2,1-2H3. The van der Waals surface area contributed by atoms with Crippen LogP contribution in [0.2, 0.25) is 0 Å². The maximum Gasteiger partial charge on any atom is 0.349 e. The van der Waals surface area contributed by atoms with Gasteiger partial charge in [-0.3, -0.25) is 4.79 Å². The van der Waals surface area contributed by atoms with Crippen molar-refractivity contribution in [2.24, 2.45) is 4.99 Å². The van der Waals surface area contributed by atoms with Crippen LogP contribution in [-0.2, 0) is 13.0 Å². The number of thiazole rings is 1. The minimum absolute atomic E-state index is 0.0477. The average Bonchev–Trinajstić information content (AvgIpc) is 3.03. The molecule has 0 radical (unpaired) electrons. The second-order valence-electron chi connectivity index (χ2n) is 6.59. The van der Waals surface area contributed by atoms with Crippen molar-refractivity contribution in [2.45, 2.75) is 33.2 Å². The predicted molar refractivity (Wildman–Crippen MR) is 112 cm³/mol. The van der Waals surface area contributed by atoms with Crippen molar-refractivity contribution in [3.05, 3.63) is 74.9 Å². The van der Waals surface area contributed by atoms with Crippen LogP contribution in [0.3, 0.4) is 0 Å². The van der Waals surface area contributed by atoms with Gasteiger partial charge in [-0.1, -0.05) is 49.4 Å². The summed E-state index contributed by atoms with van der Waals surface area (Å²) < 4.78 is 8.41. The number of hydrogen-bond donors (Lipinski definition) is 0. The molecule has 0 N–H and O–H groups in total. The highest BCUT2D eigenvalue weighted by molar-refractivity contribution is 7.16. The fraction of sp³-hybridized carbons (Fsp3) is 0.227. The number of aromatic nitrogens is 1. The smallest absolute Gasteiger partial charge is 0.349 e. The van der Waals surface area contributed by atoms with E-state index in [9.17, 15) is 9.59 Å². The lowest BCUT2D eigenvalue weighted by molar-refractivity contribution is 0.0994. The van der Waals surface area contributed by atoms with Crippen LogP contribution in [0.15, 0.2) is 62.7 Å². The second-order valence-corrected chi connectivity index (χ2v) is 7.60. The summed E-state index contributed by atoms with van der Waals surface area (Å²) in [5.74, 6) is -0.577. The molecular formula is C22H20N2O3S. The summed E-state index contributed by atoms with van der Waals surface area (Å²) in [6.07, 6.45) is 1.87. The third-order valence-electron chi connectivity index (χ3n) is 4.67.